The number of methoxy groups -OCH3 is 1. The molecule has 0 unspecified atom stereocenters. The van der Waals surface area contributed by atoms with Crippen LogP contribution in [-0.2, 0) is 11.3 Å². The van der Waals surface area contributed by atoms with Crippen LogP contribution in [0.3, 0.4) is 0 Å². The molecular formula is C11H13N5O2. The Morgan fingerprint density at radius 1 is 1.50 bits per heavy atom. The number of anilines is 2. The second kappa shape index (κ2) is 5.28. The van der Waals surface area contributed by atoms with Crippen molar-refractivity contribution in [3.05, 3.63) is 35.7 Å². The van der Waals surface area contributed by atoms with Gasteiger partial charge in [-0.25, -0.2) is 0 Å². The predicted molar refractivity (Wildman–Crippen MR) is 65.9 cm³/mol. The van der Waals surface area contributed by atoms with Gasteiger partial charge in [0, 0.05) is 18.4 Å². The highest BCUT2D eigenvalue weighted by molar-refractivity contribution is 6.02. The minimum absolute atomic E-state index is 0.0327. The lowest BCUT2D eigenvalue weighted by atomic mass is 10.2. The van der Waals surface area contributed by atoms with Crippen molar-refractivity contribution in [2.24, 2.45) is 0 Å². The minimum atomic E-state index is -0.400. The maximum absolute atomic E-state index is 11.8. The Balaban J connectivity index is 2.16. The van der Waals surface area contributed by atoms with Gasteiger partial charge in [-0.05, 0) is 6.07 Å². The molecule has 0 spiro atoms. The zero-order valence-electron chi connectivity index (χ0n) is 9.80. The largest absolute Gasteiger partial charge is 0.380 e. The van der Waals surface area contributed by atoms with Gasteiger partial charge in [-0.15, -0.1) is 5.10 Å². The van der Waals surface area contributed by atoms with Crippen LogP contribution in [0.1, 0.15) is 16.2 Å². The number of amides is 1. The number of nitrogens with one attached hydrogen (secondary N) is 2. The third kappa shape index (κ3) is 2.64. The minimum Gasteiger partial charge on any atom is -0.380 e. The molecule has 0 saturated heterocycles. The maximum Gasteiger partial charge on any atom is 0.293 e. The number of ether oxygens (including phenoxy) is 1. The number of benzene rings is 1. The van der Waals surface area contributed by atoms with Crippen molar-refractivity contribution in [1.82, 2.24) is 15.2 Å². The summed E-state index contributed by atoms with van der Waals surface area (Å²) < 4.78 is 5.05. The molecule has 94 valence electrons. The van der Waals surface area contributed by atoms with Crippen LogP contribution in [0.25, 0.3) is 0 Å². The van der Waals surface area contributed by atoms with Crippen molar-refractivity contribution in [3.63, 3.8) is 0 Å². The Bertz CT molecular complexity index is 552. The average Bonchev–Trinajstić information content (AvgIpc) is 2.79. The first-order valence-corrected chi connectivity index (χ1v) is 5.27. The summed E-state index contributed by atoms with van der Waals surface area (Å²) in [5.74, 6) is -0.298. The van der Waals surface area contributed by atoms with Crippen LogP contribution in [0, 0.1) is 0 Å². The van der Waals surface area contributed by atoms with Crippen molar-refractivity contribution in [1.29, 1.82) is 0 Å². The van der Waals surface area contributed by atoms with Gasteiger partial charge in [0.1, 0.15) is 0 Å². The molecule has 0 radical (unpaired) electrons. The monoisotopic (exact) mass is 247 g/mol. The number of aromatic nitrogens is 3. The molecule has 0 fully saturated rings. The summed E-state index contributed by atoms with van der Waals surface area (Å²) in [5.41, 5.74) is 6.88. The molecule has 1 aromatic heterocycles. The third-order valence-corrected chi connectivity index (χ3v) is 2.28. The molecule has 18 heavy (non-hydrogen) atoms. The standard InChI is InChI=1S/C11H13N5O2/c1-18-6-7-4-2-3-5-8(7)13-10(17)9-14-11(12)16-15-9/h2-5H,6H2,1H3,(H,13,17)(H3,12,14,15,16). The van der Waals surface area contributed by atoms with Crippen molar-refractivity contribution < 1.29 is 9.53 Å². The second-order valence-corrected chi connectivity index (χ2v) is 3.59. The molecule has 0 aliphatic heterocycles. The SMILES string of the molecule is COCc1ccccc1NC(=O)c1nc(N)n[nH]1. The fraction of sp³-hybridized carbons (Fsp3) is 0.182. The quantitative estimate of drug-likeness (QED) is 0.740. The Kier molecular flexibility index (Phi) is 3.54. The molecule has 4 N–H and O–H groups in total. The van der Waals surface area contributed by atoms with Gasteiger partial charge in [0.2, 0.25) is 11.8 Å². The van der Waals surface area contributed by atoms with E-state index in [0.29, 0.717) is 12.3 Å². The predicted octanol–water partition coefficient (Wildman–Crippen LogP) is 0.786. The number of nitrogen functional groups attached to an aromatic ring is 1. The molecule has 0 aliphatic carbocycles. The highest BCUT2D eigenvalue weighted by atomic mass is 16.5. The van der Waals surface area contributed by atoms with Crippen LogP contribution in [-0.4, -0.2) is 28.2 Å². The third-order valence-electron chi connectivity index (χ3n) is 2.28. The molecule has 0 saturated carbocycles. The van der Waals surface area contributed by atoms with E-state index in [9.17, 15) is 4.79 Å². The van der Waals surface area contributed by atoms with E-state index < -0.39 is 5.91 Å². The number of para-hydroxylation sites is 1. The summed E-state index contributed by atoms with van der Waals surface area (Å²) in [6, 6.07) is 7.35. The Hall–Kier alpha value is -2.41. The first kappa shape index (κ1) is 12.1. The number of nitrogens with two attached hydrogens (primary N) is 1. The van der Waals surface area contributed by atoms with Gasteiger partial charge in [0.05, 0.1) is 6.61 Å². The summed E-state index contributed by atoms with van der Waals surface area (Å²) >= 11 is 0. The lowest BCUT2D eigenvalue weighted by Crippen LogP contribution is -2.15. The van der Waals surface area contributed by atoms with E-state index in [1.165, 1.54) is 0 Å². The zero-order chi connectivity index (χ0) is 13.0. The summed E-state index contributed by atoms with van der Waals surface area (Å²) in [7, 11) is 1.59. The fourth-order valence-electron chi connectivity index (χ4n) is 1.48. The van der Waals surface area contributed by atoms with E-state index in [1.54, 1.807) is 13.2 Å². The Morgan fingerprint density at radius 3 is 2.94 bits per heavy atom. The van der Waals surface area contributed by atoms with E-state index in [4.69, 9.17) is 10.5 Å². The Labute approximate surface area is 103 Å². The number of hydrogen-bond donors (Lipinski definition) is 3. The molecule has 0 atom stereocenters. The molecule has 2 rings (SSSR count). The topological polar surface area (TPSA) is 106 Å². The lowest BCUT2D eigenvalue weighted by Gasteiger charge is -2.08. The molecule has 1 heterocycles. The summed E-state index contributed by atoms with van der Waals surface area (Å²) in [6.45, 7) is 0.412. The van der Waals surface area contributed by atoms with E-state index >= 15 is 0 Å². The highest BCUT2D eigenvalue weighted by Crippen LogP contribution is 2.16. The Morgan fingerprint density at radius 2 is 2.28 bits per heavy atom. The number of hydrogen-bond acceptors (Lipinski definition) is 5. The molecule has 0 aliphatic rings. The number of nitrogens with zero attached hydrogens (tertiary/aromatic N) is 2. The molecule has 2 aromatic rings. The molecule has 7 nitrogen and oxygen atoms in total. The van der Waals surface area contributed by atoms with Crippen molar-refractivity contribution >= 4 is 17.5 Å². The average molecular weight is 247 g/mol. The number of carbonyl (C=O) groups is 1. The van der Waals surface area contributed by atoms with Gasteiger partial charge in [-0.1, -0.05) is 18.2 Å². The van der Waals surface area contributed by atoms with Crippen LogP contribution >= 0.6 is 0 Å². The molecule has 7 heteroatoms. The number of rotatable bonds is 4. The molecular weight excluding hydrogens is 234 g/mol. The second-order valence-electron chi connectivity index (χ2n) is 3.59. The number of carbonyl (C=O) groups excluding carboxylic acids is 1. The highest BCUT2D eigenvalue weighted by Gasteiger charge is 2.12. The number of H-pyrrole nitrogens is 1. The normalized spacial score (nSPS) is 10.3. The van der Waals surface area contributed by atoms with Crippen LogP contribution in [0.4, 0.5) is 11.6 Å². The first-order valence-electron chi connectivity index (χ1n) is 5.27. The molecule has 1 amide bonds. The van der Waals surface area contributed by atoms with E-state index in [1.807, 2.05) is 18.2 Å². The number of aromatic amines is 1. The smallest absolute Gasteiger partial charge is 0.293 e. The van der Waals surface area contributed by atoms with Gasteiger partial charge in [0.15, 0.2) is 0 Å². The van der Waals surface area contributed by atoms with E-state index in [-0.39, 0.29) is 11.8 Å². The van der Waals surface area contributed by atoms with Crippen molar-refractivity contribution in [3.8, 4) is 0 Å². The van der Waals surface area contributed by atoms with Crippen LogP contribution in [0.2, 0.25) is 0 Å². The zero-order valence-corrected chi connectivity index (χ0v) is 9.80. The first-order chi connectivity index (χ1) is 8.70. The maximum atomic E-state index is 11.8. The van der Waals surface area contributed by atoms with E-state index in [0.717, 1.165) is 5.56 Å². The van der Waals surface area contributed by atoms with Gasteiger partial charge in [-0.2, -0.15) is 4.98 Å². The van der Waals surface area contributed by atoms with Gasteiger partial charge in [0.25, 0.3) is 5.91 Å². The summed E-state index contributed by atoms with van der Waals surface area (Å²) in [5, 5.41) is 8.76. The van der Waals surface area contributed by atoms with Gasteiger partial charge < -0.3 is 15.8 Å². The van der Waals surface area contributed by atoms with Crippen molar-refractivity contribution in [2.75, 3.05) is 18.2 Å². The lowest BCUT2D eigenvalue weighted by molar-refractivity contribution is 0.101. The van der Waals surface area contributed by atoms with Crippen molar-refractivity contribution in [2.45, 2.75) is 6.61 Å². The molecule has 1 aromatic carbocycles. The summed E-state index contributed by atoms with van der Waals surface area (Å²) in [6.07, 6.45) is 0. The van der Waals surface area contributed by atoms with Gasteiger partial charge in [-0.3, -0.25) is 9.89 Å². The molecule has 0 bridgehead atoms. The fourth-order valence-corrected chi connectivity index (χ4v) is 1.48. The van der Waals surface area contributed by atoms with Crippen LogP contribution in [0.15, 0.2) is 24.3 Å². The van der Waals surface area contributed by atoms with E-state index in [2.05, 4.69) is 20.5 Å². The van der Waals surface area contributed by atoms with Crippen LogP contribution in [0.5, 0.6) is 0 Å². The van der Waals surface area contributed by atoms with Crippen LogP contribution < -0.4 is 11.1 Å². The summed E-state index contributed by atoms with van der Waals surface area (Å²) in [4.78, 5) is 15.6. The van der Waals surface area contributed by atoms with Gasteiger partial charge >= 0.3 is 0 Å².